The van der Waals surface area contributed by atoms with E-state index in [1.54, 1.807) is 0 Å². The van der Waals surface area contributed by atoms with Crippen molar-refractivity contribution >= 4 is 17.9 Å². The van der Waals surface area contributed by atoms with Gasteiger partial charge in [0.05, 0.1) is 0 Å². The third kappa shape index (κ3) is 58.3. The highest BCUT2D eigenvalue weighted by atomic mass is 16.6. The van der Waals surface area contributed by atoms with Crippen LogP contribution >= 0.6 is 0 Å². The molecule has 0 N–H and O–H groups in total. The normalized spacial score (nSPS) is 13.1. The molecule has 0 aliphatic heterocycles. The molecule has 0 rings (SSSR count). The number of allylic oxidation sites excluding steroid dienone is 22. The molecule has 0 fully saturated rings. The Labute approximate surface area is 449 Å². The van der Waals surface area contributed by atoms with Gasteiger partial charge in [-0.2, -0.15) is 0 Å². The largest absolute Gasteiger partial charge is 0.462 e. The molecule has 0 aliphatic carbocycles. The first kappa shape index (κ1) is 68.6. The summed E-state index contributed by atoms with van der Waals surface area (Å²) in [6.45, 7) is 6.42. The molecule has 0 aliphatic rings. The van der Waals surface area contributed by atoms with Crippen LogP contribution in [0.3, 0.4) is 0 Å². The van der Waals surface area contributed by atoms with E-state index >= 15 is 0 Å². The first-order valence-corrected chi connectivity index (χ1v) is 29.7. The Bertz CT molecular complexity index is 1580. The molecule has 412 valence electrons. The summed E-state index contributed by atoms with van der Waals surface area (Å²) in [6, 6.07) is 0. The van der Waals surface area contributed by atoms with Gasteiger partial charge in [0.15, 0.2) is 6.10 Å². The molecule has 0 saturated heterocycles. The lowest BCUT2D eigenvalue weighted by Gasteiger charge is -2.18. The molecule has 0 aromatic carbocycles. The highest BCUT2D eigenvalue weighted by molar-refractivity contribution is 5.71. The summed E-state index contributed by atoms with van der Waals surface area (Å²) in [4.78, 5) is 38.1. The van der Waals surface area contributed by atoms with Crippen molar-refractivity contribution in [2.75, 3.05) is 13.2 Å². The number of esters is 3. The minimum Gasteiger partial charge on any atom is -0.462 e. The van der Waals surface area contributed by atoms with Gasteiger partial charge in [0.25, 0.3) is 0 Å². The van der Waals surface area contributed by atoms with Crippen molar-refractivity contribution in [3.8, 4) is 0 Å². The SMILES string of the molecule is CC/C=C\C/C=C\C/C=C\C/C=C\C/C=C\C/C=C\C/C=C\C/C=C\C/C=C\CCCCCC(=O)OCC(COC(=O)CCCCCCC/C=C\CCCC)OC(=O)CCCCCCC/C=C\CCCCCC. The van der Waals surface area contributed by atoms with Gasteiger partial charge in [-0.05, 0) is 135 Å². The fraction of sp³-hybridized carbons (Fsp3) is 0.627. The summed E-state index contributed by atoms with van der Waals surface area (Å²) in [5, 5.41) is 0. The van der Waals surface area contributed by atoms with Crippen molar-refractivity contribution in [1.29, 1.82) is 0 Å². The maximum atomic E-state index is 12.8. The van der Waals surface area contributed by atoms with Gasteiger partial charge >= 0.3 is 17.9 Å². The maximum absolute atomic E-state index is 12.8. The Morgan fingerprint density at radius 3 is 0.904 bits per heavy atom. The summed E-state index contributed by atoms with van der Waals surface area (Å²) in [7, 11) is 0. The van der Waals surface area contributed by atoms with Crippen molar-refractivity contribution in [3.63, 3.8) is 0 Å². The lowest BCUT2D eigenvalue weighted by Crippen LogP contribution is -2.30. The fourth-order valence-corrected chi connectivity index (χ4v) is 7.64. The quantitative estimate of drug-likeness (QED) is 0.0261. The molecule has 0 spiro atoms. The van der Waals surface area contributed by atoms with Gasteiger partial charge in [0.2, 0.25) is 0 Å². The van der Waals surface area contributed by atoms with E-state index in [1.807, 2.05) is 0 Å². The lowest BCUT2D eigenvalue weighted by molar-refractivity contribution is -0.167. The molecular weight excluding hydrogens is 901 g/mol. The van der Waals surface area contributed by atoms with Crippen LogP contribution in [0.25, 0.3) is 0 Å². The molecular formula is C67H108O6. The van der Waals surface area contributed by atoms with Gasteiger partial charge in [-0.25, -0.2) is 0 Å². The molecule has 1 atom stereocenters. The molecule has 0 amide bonds. The predicted molar refractivity (Wildman–Crippen MR) is 316 cm³/mol. The first-order chi connectivity index (χ1) is 36.0. The molecule has 0 radical (unpaired) electrons. The van der Waals surface area contributed by atoms with E-state index in [9.17, 15) is 14.4 Å². The average molecular weight is 1010 g/mol. The van der Waals surface area contributed by atoms with Crippen LogP contribution in [0.15, 0.2) is 134 Å². The monoisotopic (exact) mass is 1010 g/mol. The average Bonchev–Trinajstić information content (AvgIpc) is 3.39. The van der Waals surface area contributed by atoms with E-state index in [1.165, 1.54) is 64.2 Å². The van der Waals surface area contributed by atoms with Gasteiger partial charge in [-0.1, -0.05) is 231 Å². The van der Waals surface area contributed by atoms with Crippen molar-refractivity contribution in [2.45, 2.75) is 258 Å². The molecule has 1 unspecified atom stereocenters. The summed E-state index contributed by atoms with van der Waals surface area (Å²) in [6.07, 6.45) is 84.5. The smallest absolute Gasteiger partial charge is 0.306 e. The molecule has 6 nitrogen and oxygen atoms in total. The number of unbranched alkanes of at least 4 members (excludes halogenated alkanes) is 19. The summed E-state index contributed by atoms with van der Waals surface area (Å²) in [5.74, 6) is -0.957. The zero-order valence-electron chi connectivity index (χ0n) is 47.1. The molecule has 0 bridgehead atoms. The fourth-order valence-electron chi connectivity index (χ4n) is 7.64. The lowest BCUT2D eigenvalue weighted by atomic mass is 10.1. The maximum Gasteiger partial charge on any atom is 0.306 e. The molecule has 6 heteroatoms. The zero-order chi connectivity index (χ0) is 52.9. The standard InChI is InChI=1S/C67H108O6/c1-4-7-10-13-16-19-22-24-25-26-27-28-29-30-31-32-33-34-35-36-37-38-39-40-41-43-45-48-51-54-57-60-66(69)72-63-64(62-71-65(68)59-56-53-50-47-44-21-18-15-12-9-6-3)73-67(70)61-58-55-52-49-46-42-23-20-17-14-11-8-5-2/h7,10,15-16,18-20,23-25,27-28,30-31,33-34,36-37,39-40,43,45,64H,4-6,8-9,11-14,17,21-22,26,29,32,35,38,41-42,44,46-63H2,1-3H3/b10-7-,18-15-,19-16-,23-20-,25-24-,28-27-,31-30-,34-33-,37-36-,40-39-,45-43-. The van der Waals surface area contributed by atoms with E-state index in [2.05, 4.69) is 154 Å². The van der Waals surface area contributed by atoms with E-state index in [-0.39, 0.29) is 31.1 Å². The number of carbonyl (C=O) groups is 3. The first-order valence-electron chi connectivity index (χ1n) is 29.7. The number of hydrogen-bond acceptors (Lipinski definition) is 6. The number of hydrogen-bond donors (Lipinski definition) is 0. The molecule has 0 aromatic rings. The molecule has 0 saturated carbocycles. The highest BCUT2D eigenvalue weighted by Crippen LogP contribution is 2.13. The van der Waals surface area contributed by atoms with Crippen LogP contribution in [-0.4, -0.2) is 37.2 Å². The minimum absolute atomic E-state index is 0.0996. The van der Waals surface area contributed by atoms with Crippen molar-refractivity contribution in [1.82, 2.24) is 0 Å². The van der Waals surface area contributed by atoms with Gasteiger partial charge < -0.3 is 14.2 Å². The Morgan fingerprint density at radius 2 is 0.548 bits per heavy atom. The number of ether oxygens (including phenoxy) is 3. The van der Waals surface area contributed by atoms with Crippen LogP contribution in [-0.2, 0) is 28.6 Å². The highest BCUT2D eigenvalue weighted by Gasteiger charge is 2.19. The van der Waals surface area contributed by atoms with E-state index < -0.39 is 6.10 Å². The van der Waals surface area contributed by atoms with Gasteiger partial charge in [0, 0.05) is 19.3 Å². The summed E-state index contributed by atoms with van der Waals surface area (Å²) < 4.78 is 16.8. The van der Waals surface area contributed by atoms with Crippen molar-refractivity contribution in [3.05, 3.63) is 134 Å². The van der Waals surface area contributed by atoms with Crippen LogP contribution in [0.4, 0.5) is 0 Å². The van der Waals surface area contributed by atoms with Crippen LogP contribution in [0.1, 0.15) is 252 Å². The van der Waals surface area contributed by atoms with Crippen LogP contribution in [0.5, 0.6) is 0 Å². The topological polar surface area (TPSA) is 78.9 Å². The van der Waals surface area contributed by atoms with Crippen molar-refractivity contribution < 1.29 is 28.6 Å². The molecule has 0 aromatic heterocycles. The molecule has 73 heavy (non-hydrogen) atoms. The Hall–Kier alpha value is -4.45. The Morgan fingerprint density at radius 1 is 0.288 bits per heavy atom. The van der Waals surface area contributed by atoms with Crippen LogP contribution in [0.2, 0.25) is 0 Å². The Balaban J connectivity index is 4.34. The van der Waals surface area contributed by atoms with Gasteiger partial charge in [-0.15, -0.1) is 0 Å². The third-order valence-electron chi connectivity index (χ3n) is 12.1. The summed E-state index contributed by atoms with van der Waals surface area (Å²) in [5.41, 5.74) is 0. The van der Waals surface area contributed by atoms with Crippen LogP contribution < -0.4 is 0 Å². The molecule has 0 heterocycles. The summed E-state index contributed by atoms with van der Waals surface area (Å²) >= 11 is 0. The predicted octanol–water partition coefficient (Wildman–Crippen LogP) is 20.2. The van der Waals surface area contributed by atoms with E-state index in [0.29, 0.717) is 19.3 Å². The zero-order valence-corrected chi connectivity index (χ0v) is 47.1. The third-order valence-corrected chi connectivity index (χ3v) is 12.1. The second kappa shape index (κ2) is 60.1. The second-order valence-corrected chi connectivity index (χ2v) is 19.2. The number of carbonyl (C=O) groups excluding carboxylic acids is 3. The Kier molecular flexibility index (Phi) is 56.4. The van der Waals surface area contributed by atoms with E-state index in [0.717, 1.165) is 148 Å². The van der Waals surface area contributed by atoms with Crippen molar-refractivity contribution in [2.24, 2.45) is 0 Å². The second-order valence-electron chi connectivity index (χ2n) is 19.2. The number of rotatable bonds is 52. The van der Waals surface area contributed by atoms with Gasteiger partial charge in [-0.3, -0.25) is 14.4 Å². The van der Waals surface area contributed by atoms with Crippen LogP contribution in [0, 0.1) is 0 Å². The van der Waals surface area contributed by atoms with E-state index in [4.69, 9.17) is 14.2 Å². The van der Waals surface area contributed by atoms with Gasteiger partial charge in [0.1, 0.15) is 13.2 Å². The minimum atomic E-state index is -0.803.